The van der Waals surface area contributed by atoms with Crippen molar-refractivity contribution in [2.75, 3.05) is 11.5 Å². The van der Waals surface area contributed by atoms with Crippen LogP contribution < -0.4 is 0 Å². The Balaban J connectivity index is 1.68. The zero-order chi connectivity index (χ0) is 13.1. The van der Waals surface area contributed by atoms with Crippen LogP contribution in [0.15, 0.2) is 35.7 Å². The van der Waals surface area contributed by atoms with E-state index < -0.39 is 0 Å². The maximum atomic E-state index is 10.2. The molecule has 0 bridgehead atoms. The molecule has 2 atom stereocenters. The van der Waals surface area contributed by atoms with Crippen LogP contribution in [-0.2, 0) is 6.42 Å². The van der Waals surface area contributed by atoms with Crippen LogP contribution >= 0.6 is 23.1 Å². The van der Waals surface area contributed by atoms with Crippen LogP contribution in [0.25, 0.3) is 11.3 Å². The minimum absolute atomic E-state index is 0.232. The molecule has 2 nitrogen and oxygen atoms in total. The summed E-state index contributed by atoms with van der Waals surface area (Å²) >= 11 is 3.60. The first-order chi connectivity index (χ1) is 9.33. The summed E-state index contributed by atoms with van der Waals surface area (Å²) in [6.07, 6.45) is 1.61. The lowest BCUT2D eigenvalue weighted by Crippen LogP contribution is -2.22. The molecule has 1 fully saturated rings. The quantitative estimate of drug-likeness (QED) is 0.936. The van der Waals surface area contributed by atoms with Crippen molar-refractivity contribution in [1.82, 2.24) is 4.98 Å². The van der Waals surface area contributed by atoms with E-state index in [2.05, 4.69) is 22.5 Å². The minimum atomic E-state index is -0.232. The summed E-state index contributed by atoms with van der Waals surface area (Å²) in [4.78, 5) is 4.64. The van der Waals surface area contributed by atoms with Crippen LogP contribution in [0.1, 0.15) is 11.4 Å². The number of benzene rings is 1. The second-order valence-electron chi connectivity index (χ2n) is 4.89. The van der Waals surface area contributed by atoms with E-state index in [1.54, 1.807) is 11.3 Å². The molecule has 19 heavy (non-hydrogen) atoms. The number of thioether (sulfide) groups is 1. The number of hydrogen-bond acceptors (Lipinski definition) is 4. The fourth-order valence-electron chi connectivity index (χ4n) is 2.35. The molecule has 3 rings (SSSR count). The van der Waals surface area contributed by atoms with Crippen LogP contribution in [0.3, 0.4) is 0 Å². The Morgan fingerprint density at radius 1 is 1.32 bits per heavy atom. The van der Waals surface area contributed by atoms with Crippen molar-refractivity contribution in [2.45, 2.75) is 18.9 Å². The lowest BCUT2D eigenvalue weighted by molar-refractivity contribution is 0.120. The number of thiazole rings is 1. The largest absolute Gasteiger partial charge is 0.392 e. The zero-order valence-corrected chi connectivity index (χ0v) is 12.3. The van der Waals surface area contributed by atoms with Crippen molar-refractivity contribution >= 4 is 23.1 Å². The van der Waals surface area contributed by atoms with Gasteiger partial charge in [0.2, 0.25) is 0 Å². The fraction of sp³-hybridized carbons (Fsp3) is 0.400. The molecule has 0 aliphatic carbocycles. The lowest BCUT2D eigenvalue weighted by atomic mass is 10.00. The van der Waals surface area contributed by atoms with Crippen LogP contribution in [-0.4, -0.2) is 27.7 Å². The predicted molar refractivity (Wildman–Crippen MR) is 82.7 cm³/mol. The summed E-state index contributed by atoms with van der Waals surface area (Å²) in [6.45, 7) is 0. The third-order valence-electron chi connectivity index (χ3n) is 3.51. The third kappa shape index (κ3) is 3.19. The molecule has 100 valence electrons. The summed E-state index contributed by atoms with van der Waals surface area (Å²) in [5, 5.41) is 13.4. The maximum absolute atomic E-state index is 10.2. The van der Waals surface area contributed by atoms with Crippen molar-refractivity contribution in [2.24, 2.45) is 5.92 Å². The molecule has 2 unspecified atom stereocenters. The van der Waals surface area contributed by atoms with Crippen molar-refractivity contribution in [1.29, 1.82) is 0 Å². The number of aromatic nitrogens is 1. The zero-order valence-electron chi connectivity index (χ0n) is 10.7. The molecule has 1 aromatic heterocycles. The normalized spacial score (nSPS) is 20.6. The average Bonchev–Trinajstić information content (AvgIpc) is 3.11. The van der Waals surface area contributed by atoms with E-state index in [1.165, 1.54) is 5.75 Å². The maximum Gasteiger partial charge on any atom is 0.0958 e. The second-order valence-corrected chi connectivity index (χ2v) is 6.98. The highest BCUT2D eigenvalue weighted by atomic mass is 32.2. The van der Waals surface area contributed by atoms with Gasteiger partial charge in [0.15, 0.2) is 0 Å². The number of rotatable bonds is 4. The van der Waals surface area contributed by atoms with E-state index in [0.717, 1.165) is 28.4 Å². The van der Waals surface area contributed by atoms with Gasteiger partial charge in [-0.15, -0.1) is 11.3 Å². The van der Waals surface area contributed by atoms with Gasteiger partial charge in [-0.1, -0.05) is 30.3 Å². The number of aliphatic hydroxyl groups excluding tert-OH is 1. The smallest absolute Gasteiger partial charge is 0.0958 e. The molecule has 2 aromatic rings. The van der Waals surface area contributed by atoms with Gasteiger partial charge in [0, 0.05) is 17.4 Å². The van der Waals surface area contributed by atoms with E-state index in [0.29, 0.717) is 12.3 Å². The van der Waals surface area contributed by atoms with E-state index in [1.807, 2.05) is 30.0 Å². The minimum Gasteiger partial charge on any atom is -0.392 e. The van der Waals surface area contributed by atoms with Crippen molar-refractivity contribution in [3.63, 3.8) is 0 Å². The van der Waals surface area contributed by atoms with Gasteiger partial charge in [0.1, 0.15) is 0 Å². The molecule has 1 aromatic carbocycles. The van der Waals surface area contributed by atoms with Gasteiger partial charge in [-0.2, -0.15) is 11.8 Å². The molecule has 1 saturated heterocycles. The summed E-state index contributed by atoms with van der Waals surface area (Å²) in [5.74, 6) is 2.74. The number of nitrogens with zero attached hydrogens (tertiary/aromatic N) is 1. The summed E-state index contributed by atoms with van der Waals surface area (Å²) in [7, 11) is 0. The Morgan fingerprint density at radius 2 is 2.16 bits per heavy atom. The standard InChI is InChI=1S/C15H17NOS2/c17-14(12-6-7-18-9-12)8-15-16-13(10-19-15)11-4-2-1-3-5-11/h1-5,10,12,14,17H,6-9H2. The van der Waals surface area contributed by atoms with Crippen LogP contribution in [0, 0.1) is 5.92 Å². The molecule has 0 radical (unpaired) electrons. The first-order valence-electron chi connectivity index (χ1n) is 6.58. The molecular formula is C15H17NOS2. The van der Waals surface area contributed by atoms with Crippen LogP contribution in [0.2, 0.25) is 0 Å². The van der Waals surface area contributed by atoms with Gasteiger partial charge < -0.3 is 5.11 Å². The lowest BCUT2D eigenvalue weighted by Gasteiger charge is -2.15. The average molecular weight is 291 g/mol. The summed E-state index contributed by atoms with van der Waals surface area (Å²) in [5.41, 5.74) is 2.17. The first-order valence-corrected chi connectivity index (χ1v) is 8.62. The molecule has 0 spiro atoms. The van der Waals surface area contributed by atoms with E-state index in [4.69, 9.17) is 0 Å². The first kappa shape index (κ1) is 13.2. The van der Waals surface area contributed by atoms with Crippen LogP contribution in [0.4, 0.5) is 0 Å². The SMILES string of the molecule is OC(Cc1nc(-c2ccccc2)cs1)C1CCSC1. The fourth-order valence-corrected chi connectivity index (χ4v) is 4.53. The Hall–Kier alpha value is -0.840. The predicted octanol–water partition coefficient (Wildman–Crippen LogP) is 3.47. The number of aliphatic hydroxyl groups is 1. The molecule has 1 N–H and O–H groups in total. The molecule has 0 amide bonds. The molecule has 4 heteroatoms. The van der Waals surface area contributed by atoms with E-state index in [-0.39, 0.29) is 6.10 Å². The molecule has 0 saturated carbocycles. The topological polar surface area (TPSA) is 33.1 Å². The second kappa shape index (κ2) is 6.07. The highest BCUT2D eigenvalue weighted by Gasteiger charge is 2.24. The molecular weight excluding hydrogens is 274 g/mol. The molecule has 1 aliphatic heterocycles. The summed E-state index contributed by atoms with van der Waals surface area (Å²) in [6, 6.07) is 10.2. The summed E-state index contributed by atoms with van der Waals surface area (Å²) < 4.78 is 0. The van der Waals surface area contributed by atoms with Gasteiger partial charge in [-0.25, -0.2) is 4.98 Å². The highest BCUT2D eigenvalue weighted by molar-refractivity contribution is 7.99. The van der Waals surface area contributed by atoms with Gasteiger partial charge >= 0.3 is 0 Å². The van der Waals surface area contributed by atoms with Gasteiger partial charge in [0.25, 0.3) is 0 Å². The Morgan fingerprint density at radius 3 is 2.89 bits per heavy atom. The van der Waals surface area contributed by atoms with Crippen molar-refractivity contribution < 1.29 is 5.11 Å². The molecule has 1 aliphatic rings. The van der Waals surface area contributed by atoms with Crippen LogP contribution in [0.5, 0.6) is 0 Å². The van der Waals surface area contributed by atoms with Gasteiger partial charge in [-0.3, -0.25) is 0 Å². The monoisotopic (exact) mass is 291 g/mol. The highest BCUT2D eigenvalue weighted by Crippen LogP contribution is 2.29. The van der Waals surface area contributed by atoms with Crippen molar-refractivity contribution in [3.8, 4) is 11.3 Å². The molecule has 2 heterocycles. The van der Waals surface area contributed by atoms with Crippen molar-refractivity contribution in [3.05, 3.63) is 40.7 Å². The Kier molecular flexibility index (Phi) is 4.21. The van der Waals surface area contributed by atoms with E-state index >= 15 is 0 Å². The number of hydrogen-bond donors (Lipinski definition) is 1. The Labute approximate surface area is 121 Å². The van der Waals surface area contributed by atoms with Gasteiger partial charge in [-0.05, 0) is 23.8 Å². The van der Waals surface area contributed by atoms with E-state index in [9.17, 15) is 5.11 Å². The third-order valence-corrected chi connectivity index (χ3v) is 5.57. The Bertz CT molecular complexity index is 520. The van der Waals surface area contributed by atoms with Gasteiger partial charge in [0.05, 0.1) is 16.8 Å².